The molecule has 0 unspecified atom stereocenters. The van der Waals surface area contributed by atoms with Gasteiger partial charge in [-0.15, -0.1) is 13.2 Å². The summed E-state index contributed by atoms with van der Waals surface area (Å²) in [5.74, 6) is -3.23. The van der Waals surface area contributed by atoms with E-state index in [9.17, 15) is 24.3 Å². The van der Waals surface area contributed by atoms with Crippen LogP contribution < -0.4 is 10.2 Å². The molecule has 3 saturated heterocycles. The van der Waals surface area contributed by atoms with Gasteiger partial charge in [-0.25, -0.2) is 0 Å². The summed E-state index contributed by atoms with van der Waals surface area (Å²) in [5, 5.41) is 12.5. The number of anilines is 1. The number of nitrogens with one attached hydrogen (secondary N) is 1. The van der Waals surface area contributed by atoms with Gasteiger partial charge in [-0.2, -0.15) is 0 Å². The van der Waals surface area contributed by atoms with Crippen LogP contribution in [0.25, 0.3) is 0 Å². The van der Waals surface area contributed by atoms with Crippen molar-refractivity contribution in [3.63, 3.8) is 0 Å². The zero-order valence-corrected chi connectivity index (χ0v) is 28.8. The first-order valence-electron chi connectivity index (χ1n) is 17.3. The van der Waals surface area contributed by atoms with Crippen molar-refractivity contribution < 1.29 is 33.8 Å². The Morgan fingerprint density at radius 3 is 2.59 bits per heavy atom. The maximum absolute atomic E-state index is 14.8. The molecular weight excluding hydrogens is 622 g/mol. The van der Waals surface area contributed by atoms with Crippen LogP contribution in [0.1, 0.15) is 68.2 Å². The van der Waals surface area contributed by atoms with E-state index in [0.717, 1.165) is 16.8 Å². The highest BCUT2D eigenvalue weighted by molar-refractivity contribution is 6.05. The van der Waals surface area contributed by atoms with Gasteiger partial charge in [0.25, 0.3) is 5.91 Å². The van der Waals surface area contributed by atoms with Gasteiger partial charge in [-0.3, -0.25) is 19.2 Å². The normalized spacial score (nSPS) is 25.0. The van der Waals surface area contributed by atoms with Crippen molar-refractivity contribution in [2.75, 3.05) is 24.6 Å². The van der Waals surface area contributed by atoms with Gasteiger partial charge in [0.15, 0.2) is 0 Å². The summed E-state index contributed by atoms with van der Waals surface area (Å²) in [6.07, 6.45) is 4.57. The Labute approximate surface area is 289 Å². The van der Waals surface area contributed by atoms with Crippen molar-refractivity contribution >= 4 is 29.4 Å². The van der Waals surface area contributed by atoms with Crippen LogP contribution in [0, 0.1) is 25.7 Å². The Kier molecular flexibility index (Phi) is 11.4. The molecule has 3 heterocycles. The Balaban J connectivity index is 1.48. The third-order valence-electron chi connectivity index (χ3n) is 10.1. The van der Waals surface area contributed by atoms with Crippen LogP contribution in [0.3, 0.4) is 0 Å². The lowest BCUT2D eigenvalue weighted by Crippen LogP contribution is -2.56. The summed E-state index contributed by atoms with van der Waals surface area (Å²) in [7, 11) is 0. The predicted octanol–water partition coefficient (Wildman–Crippen LogP) is 4.72. The minimum absolute atomic E-state index is 0.0446. The number of aryl methyl sites for hydroxylation is 2. The number of allylic oxidation sites excluding steroid dienone is 1. The number of fused-ring (bicyclic) bond motifs is 1. The summed E-state index contributed by atoms with van der Waals surface area (Å²) < 4.78 is 12.9. The lowest BCUT2D eigenvalue weighted by molar-refractivity contribution is -0.162. The largest absolute Gasteiger partial charge is 0.455 e. The lowest BCUT2D eigenvalue weighted by atomic mass is 9.70. The molecule has 2 aromatic carbocycles. The number of benzene rings is 2. The van der Waals surface area contributed by atoms with Gasteiger partial charge >= 0.3 is 5.97 Å². The maximum Gasteiger partial charge on any atom is 0.313 e. The van der Waals surface area contributed by atoms with E-state index in [4.69, 9.17) is 9.47 Å². The minimum atomic E-state index is -1.22. The number of hydrogen-bond donors (Lipinski definition) is 2. The van der Waals surface area contributed by atoms with E-state index in [-0.39, 0.29) is 43.8 Å². The van der Waals surface area contributed by atoms with Crippen molar-refractivity contribution in [2.24, 2.45) is 11.8 Å². The molecule has 10 nitrogen and oxygen atoms in total. The van der Waals surface area contributed by atoms with E-state index < -0.39 is 47.7 Å². The molecule has 1 spiro atoms. The van der Waals surface area contributed by atoms with E-state index >= 15 is 0 Å². The quantitative estimate of drug-likeness (QED) is 0.150. The van der Waals surface area contributed by atoms with E-state index in [1.807, 2.05) is 62.4 Å². The standard InChI is InChI=1S/C39H49N3O7/c1-6-8-16-31(44)40-27(5)34(28-14-10-9-11-15-28)48-38(47)32-30-19-20-39(49-30)33(32)36(45)42(22-12-13-23-43)35(39)37(46)41(21-7-2)29-24-25(3)17-18-26(29)4/h6-7,9-11,14-15,17-18,24,27,30,32-35,43H,1-2,8,12-13,16,19-23H2,3-5H3,(H,40,44)/t27-,30-,32+,33+,34-,35-,39+/m0/s1. The van der Waals surface area contributed by atoms with Crippen molar-refractivity contribution in [3.05, 3.63) is 90.5 Å². The number of carbonyl (C=O) groups is 4. The van der Waals surface area contributed by atoms with E-state index in [1.54, 1.807) is 28.9 Å². The fraction of sp³-hybridized carbons (Fsp3) is 0.487. The molecule has 2 bridgehead atoms. The van der Waals surface area contributed by atoms with Gasteiger partial charge in [-0.1, -0.05) is 54.6 Å². The Bertz CT molecular complexity index is 1560. The third kappa shape index (κ3) is 7.07. The summed E-state index contributed by atoms with van der Waals surface area (Å²) in [4.78, 5) is 59.5. The fourth-order valence-electron chi connectivity index (χ4n) is 7.87. The van der Waals surface area contributed by atoms with Crippen LogP contribution in [-0.4, -0.2) is 77.2 Å². The first-order chi connectivity index (χ1) is 23.6. The maximum atomic E-state index is 14.8. The zero-order valence-electron chi connectivity index (χ0n) is 28.8. The van der Waals surface area contributed by atoms with Gasteiger partial charge in [0, 0.05) is 31.8 Å². The van der Waals surface area contributed by atoms with Crippen molar-refractivity contribution in [3.8, 4) is 0 Å². The monoisotopic (exact) mass is 671 g/mol. The molecule has 0 saturated carbocycles. The van der Waals surface area contributed by atoms with Crippen molar-refractivity contribution in [1.29, 1.82) is 0 Å². The third-order valence-corrected chi connectivity index (χ3v) is 10.1. The second-order valence-corrected chi connectivity index (χ2v) is 13.5. The van der Waals surface area contributed by atoms with E-state index in [1.165, 1.54) is 0 Å². The number of unbranched alkanes of at least 4 members (excludes halogenated alkanes) is 1. The highest BCUT2D eigenvalue weighted by Gasteiger charge is 2.75. The van der Waals surface area contributed by atoms with Gasteiger partial charge in [0.05, 0.1) is 24.0 Å². The van der Waals surface area contributed by atoms with Gasteiger partial charge in [-0.05, 0) is 75.6 Å². The number of esters is 1. The molecular formula is C39H49N3O7. The van der Waals surface area contributed by atoms with Crippen LogP contribution in [0.5, 0.6) is 0 Å². The number of nitrogens with zero attached hydrogens (tertiary/aromatic N) is 2. The summed E-state index contributed by atoms with van der Waals surface area (Å²) in [6, 6.07) is 13.6. The molecule has 49 heavy (non-hydrogen) atoms. The number of likely N-dealkylation sites (tertiary alicyclic amines) is 1. The Morgan fingerprint density at radius 1 is 1.14 bits per heavy atom. The SMILES string of the molecule is C=CCCC(=O)N[C@@H](C)[C@H](OC(=O)[C@@H]1[C@@H]2CC[C@]3(O2)[C@H](C(=O)N(CC=C)c2cc(C)ccc2C)N(CCCCO)C(=O)[C@@H]13)c1ccccc1. The molecule has 2 N–H and O–H groups in total. The average Bonchev–Trinajstić information content (AvgIpc) is 3.73. The molecule has 7 atom stereocenters. The Morgan fingerprint density at radius 2 is 1.90 bits per heavy atom. The number of aliphatic hydroxyl groups is 1. The van der Waals surface area contributed by atoms with Crippen molar-refractivity contribution in [1.82, 2.24) is 10.2 Å². The number of hydrogen-bond acceptors (Lipinski definition) is 7. The number of aliphatic hydroxyl groups excluding tert-OH is 1. The number of ether oxygens (including phenoxy) is 2. The topological polar surface area (TPSA) is 125 Å². The number of amides is 3. The predicted molar refractivity (Wildman–Crippen MR) is 186 cm³/mol. The Hall–Kier alpha value is -4.28. The van der Waals surface area contributed by atoms with E-state index in [0.29, 0.717) is 37.7 Å². The van der Waals surface area contributed by atoms with Gasteiger partial charge in [0.1, 0.15) is 17.7 Å². The second kappa shape index (κ2) is 15.5. The van der Waals surface area contributed by atoms with E-state index in [2.05, 4.69) is 18.5 Å². The van der Waals surface area contributed by atoms with Crippen LogP contribution in [-0.2, 0) is 28.7 Å². The first-order valence-corrected chi connectivity index (χ1v) is 17.3. The van der Waals surface area contributed by atoms with Gasteiger partial charge < -0.3 is 29.7 Å². The molecule has 0 aliphatic carbocycles. The summed E-state index contributed by atoms with van der Waals surface area (Å²) >= 11 is 0. The molecule has 2 aromatic rings. The molecule has 3 aliphatic heterocycles. The van der Waals surface area contributed by atoms with Crippen LogP contribution in [0.2, 0.25) is 0 Å². The smallest absolute Gasteiger partial charge is 0.313 e. The van der Waals surface area contributed by atoms with Crippen LogP contribution in [0.15, 0.2) is 73.8 Å². The van der Waals surface area contributed by atoms with Crippen LogP contribution in [0.4, 0.5) is 5.69 Å². The summed E-state index contributed by atoms with van der Waals surface area (Å²) in [6.45, 7) is 13.7. The molecule has 5 rings (SSSR count). The zero-order chi connectivity index (χ0) is 35.3. The highest BCUT2D eigenvalue weighted by Crippen LogP contribution is 2.59. The molecule has 3 amide bonds. The lowest BCUT2D eigenvalue weighted by Gasteiger charge is -2.37. The molecule has 0 aromatic heterocycles. The number of carbonyl (C=O) groups excluding carboxylic acids is 4. The van der Waals surface area contributed by atoms with Crippen LogP contribution >= 0.6 is 0 Å². The second-order valence-electron chi connectivity index (χ2n) is 13.5. The molecule has 3 aliphatic rings. The minimum Gasteiger partial charge on any atom is -0.455 e. The average molecular weight is 672 g/mol. The molecule has 0 radical (unpaired) electrons. The first kappa shape index (κ1) is 36.0. The van der Waals surface area contributed by atoms with Crippen molar-refractivity contribution in [2.45, 2.75) is 89.2 Å². The summed E-state index contributed by atoms with van der Waals surface area (Å²) in [5.41, 5.74) is 2.11. The molecule has 3 fully saturated rings. The number of rotatable bonds is 16. The van der Waals surface area contributed by atoms with Gasteiger partial charge in [0.2, 0.25) is 11.8 Å². The molecule has 262 valence electrons. The highest BCUT2D eigenvalue weighted by atomic mass is 16.6. The fourth-order valence-corrected chi connectivity index (χ4v) is 7.87. The molecule has 10 heteroatoms.